The summed E-state index contributed by atoms with van der Waals surface area (Å²) >= 11 is 0. The number of alkyl halides is 6. The Morgan fingerprint density at radius 2 is 1.67 bits per heavy atom. The van der Waals surface area contributed by atoms with Crippen LogP contribution < -0.4 is 4.74 Å². The Morgan fingerprint density at radius 3 is 2.18 bits per heavy atom. The van der Waals surface area contributed by atoms with Crippen LogP contribution in [0, 0.1) is 0 Å². The highest BCUT2D eigenvalue weighted by Gasteiger charge is 2.38. The maximum atomic E-state index is 10.6. The summed E-state index contributed by atoms with van der Waals surface area (Å²) in [6, 6.07) is 10.1. The molecule has 0 aliphatic carbocycles. The molecular formula is C23H25F6N5O5. The number of ether oxygens (including phenoxy) is 1. The zero-order chi connectivity index (χ0) is 29.2. The van der Waals surface area contributed by atoms with Gasteiger partial charge in [-0.2, -0.15) is 31.4 Å². The molecule has 2 N–H and O–H groups in total. The maximum Gasteiger partial charge on any atom is 0.490 e. The molecule has 3 aromatic heterocycles. The molecule has 1 atom stereocenters. The van der Waals surface area contributed by atoms with Crippen LogP contribution in [0.5, 0.6) is 5.88 Å². The van der Waals surface area contributed by atoms with E-state index in [4.69, 9.17) is 24.5 Å². The van der Waals surface area contributed by atoms with Crippen LogP contribution in [0.25, 0.3) is 0 Å². The molecule has 0 saturated heterocycles. The van der Waals surface area contributed by atoms with Gasteiger partial charge in [-0.3, -0.25) is 9.58 Å². The number of carbonyl (C=O) groups is 2. The Bertz CT molecular complexity index is 1170. The average Bonchev–Trinajstić information content (AvgIpc) is 3.45. The van der Waals surface area contributed by atoms with Crippen LogP contribution >= 0.6 is 0 Å². The molecule has 1 aliphatic rings. The molecule has 0 spiro atoms. The topological polar surface area (TPSA) is 123 Å². The first-order valence-electron chi connectivity index (χ1n) is 11.2. The second-order valence-corrected chi connectivity index (χ2v) is 8.04. The van der Waals surface area contributed by atoms with Crippen LogP contribution in [-0.4, -0.2) is 71.4 Å². The third-order valence-corrected chi connectivity index (χ3v) is 5.00. The van der Waals surface area contributed by atoms with Crippen LogP contribution in [0.2, 0.25) is 0 Å². The van der Waals surface area contributed by atoms with Gasteiger partial charge < -0.3 is 19.5 Å². The molecule has 4 rings (SSSR count). The highest BCUT2D eigenvalue weighted by molar-refractivity contribution is 5.73. The third kappa shape index (κ3) is 10.7. The van der Waals surface area contributed by atoms with Crippen LogP contribution in [-0.2, 0) is 35.8 Å². The molecule has 214 valence electrons. The number of nitrogens with zero attached hydrogens (tertiary/aromatic N) is 5. The SMILES string of the molecule is CCn1cc(CN2Cc3cccn3CC(Oc3ccccn3)C2)cn1.O=C(O)C(F)(F)F.O=C(O)C(F)(F)F. The second-order valence-electron chi connectivity index (χ2n) is 8.04. The van der Waals surface area contributed by atoms with Crippen molar-refractivity contribution in [1.82, 2.24) is 24.2 Å². The molecule has 0 radical (unpaired) electrons. The second kappa shape index (κ2) is 13.6. The molecule has 0 bridgehead atoms. The standard InChI is InChI=1S/C19H23N5O.2C2HF3O2/c1-2-24-12-16(10-21-24)11-22-13-17-6-5-9-23(17)15-18(14-22)25-19-7-3-4-8-20-19;2*3-2(4,5)1(6)7/h3-10,12,18H,2,11,13-15H2,1H3;2*(H,6,7). The number of carboxylic acid groups (broad SMARTS) is 2. The minimum atomic E-state index is -5.08. The van der Waals surface area contributed by atoms with E-state index in [1.54, 1.807) is 6.20 Å². The lowest BCUT2D eigenvalue weighted by Gasteiger charge is -2.23. The lowest BCUT2D eigenvalue weighted by molar-refractivity contribution is -0.193. The van der Waals surface area contributed by atoms with Crippen LogP contribution in [0.3, 0.4) is 0 Å². The number of fused-ring (bicyclic) bond motifs is 1. The van der Waals surface area contributed by atoms with Crippen LogP contribution in [0.1, 0.15) is 18.2 Å². The fraction of sp³-hybridized carbons (Fsp3) is 0.391. The van der Waals surface area contributed by atoms with Crippen molar-refractivity contribution in [3.8, 4) is 5.88 Å². The fourth-order valence-electron chi connectivity index (χ4n) is 3.33. The van der Waals surface area contributed by atoms with E-state index in [1.807, 2.05) is 29.1 Å². The molecule has 1 unspecified atom stereocenters. The summed E-state index contributed by atoms with van der Waals surface area (Å²) < 4.78 is 73.9. The minimum absolute atomic E-state index is 0.0600. The molecule has 16 heteroatoms. The van der Waals surface area contributed by atoms with Crippen molar-refractivity contribution in [2.75, 3.05) is 6.54 Å². The number of rotatable bonds is 5. The monoisotopic (exact) mass is 565 g/mol. The van der Waals surface area contributed by atoms with Gasteiger partial charge in [-0.25, -0.2) is 14.6 Å². The van der Waals surface area contributed by atoms with E-state index in [1.165, 1.54) is 11.3 Å². The average molecular weight is 565 g/mol. The smallest absolute Gasteiger partial charge is 0.475 e. The number of carboxylic acids is 2. The first kappa shape index (κ1) is 31.1. The van der Waals surface area contributed by atoms with Gasteiger partial charge in [0.25, 0.3) is 0 Å². The van der Waals surface area contributed by atoms with Gasteiger partial charge in [-0.1, -0.05) is 6.07 Å². The zero-order valence-corrected chi connectivity index (χ0v) is 20.4. The van der Waals surface area contributed by atoms with Crippen LogP contribution in [0.15, 0.2) is 55.1 Å². The molecule has 4 heterocycles. The Hall–Kier alpha value is -4.08. The van der Waals surface area contributed by atoms with Gasteiger partial charge in [0.05, 0.1) is 12.7 Å². The number of pyridine rings is 1. The van der Waals surface area contributed by atoms with Gasteiger partial charge in [0, 0.05) is 62.1 Å². The quantitative estimate of drug-likeness (QED) is 0.448. The van der Waals surface area contributed by atoms with E-state index >= 15 is 0 Å². The molecule has 0 aromatic carbocycles. The Morgan fingerprint density at radius 1 is 1.03 bits per heavy atom. The van der Waals surface area contributed by atoms with Gasteiger partial charge in [0.2, 0.25) is 5.88 Å². The predicted octanol–water partition coefficient (Wildman–Crippen LogP) is 3.83. The van der Waals surface area contributed by atoms with Gasteiger partial charge in [0.15, 0.2) is 0 Å². The molecule has 0 amide bonds. The first-order valence-corrected chi connectivity index (χ1v) is 11.2. The lowest BCUT2D eigenvalue weighted by Crippen LogP contribution is -2.34. The van der Waals surface area contributed by atoms with Crippen LogP contribution in [0.4, 0.5) is 26.3 Å². The van der Waals surface area contributed by atoms with Crippen molar-refractivity contribution in [2.45, 2.75) is 51.6 Å². The van der Waals surface area contributed by atoms with Crippen molar-refractivity contribution in [3.63, 3.8) is 0 Å². The van der Waals surface area contributed by atoms with Gasteiger partial charge in [-0.15, -0.1) is 0 Å². The van der Waals surface area contributed by atoms with E-state index < -0.39 is 24.3 Å². The Balaban J connectivity index is 0.000000317. The number of aliphatic carboxylic acids is 2. The molecule has 1 aliphatic heterocycles. The molecule has 39 heavy (non-hydrogen) atoms. The summed E-state index contributed by atoms with van der Waals surface area (Å²) in [5, 5.41) is 18.6. The lowest BCUT2D eigenvalue weighted by atomic mass is 10.2. The molecule has 10 nitrogen and oxygen atoms in total. The largest absolute Gasteiger partial charge is 0.490 e. The first-order chi connectivity index (χ1) is 18.2. The summed E-state index contributed by atoms with van der Waals surface area (Å²) in [6.45, 7) is 6.47. The van der Waals surface area contributed by atoms with E-state index in [0.717, 1.165) is 32.7 Å². The third-order valence-electron chi connectivity index (χ3n) is 5.00. The zero-order valence-electron chi connectivity index (χ0n) is 20.4. The van der Waals surface area contributed by atoms with Crippen molar-refractivity contribution in [2.24, 2.45) is 0 Å². The number of aryl methyl sites for hydroxylation is 1. The molecule has 0 saturated carbocycles. The van der Waals surface area contributed by atoms with Crippen molar-refractivity contribution in [1.29, 1.82) is 0 Å². The summed E-state index contributed by atoms with van der Waals surface area (Å²) in [7, 11) is 0. The van der Waals surface area contributed by atoms with Crippen molar-refractivity contribution in [3.05, 3.63) is 66.4 Å². The Kier molecular flexibility index (Phi) is 10.9. The van der Waals surface area contributed by atoms with Crippen molar-refractivity contribution < 1.29 is 50.9 Å². The van der Waals surface area contributed by atoms with E-state index in [0.29, 0.717) is 5.88 Å². The van der Waals surface area contributed by atoms with E-state index in [2.05, 4.69) is 51.0 Å². The number of hydrogen-bond acceptors (Lipinski definition) is 6. The summed E-state index contributed by atoms with van der Waals surface area (Å²) in [5.41, 5.74) is 2.55. The van der Waals surface area contributed by atoms with Gasteiger partial charge in [-0.05, 0) is 25.1 Å². The summed E-state index contributed by atoms with van der Waals surface area (Å²) in [4.78, 5) is 24.5. The van der Waals surface area contributed by atoms with Gasteiger partial charge >= 0.3 is 24.3 Å². The van der Waals surface area contributed by atoms with E-state index in [9.17, 15) is 26.3 Å². The fourth-order valence-corrected chi connectivity index (χ4v) is 3.33. The molecular weight excluding hydrogens is 540 g/mol. The van der Waals surface area contributed by atoms with E-state index in [-0.39, 0.29) is 6.10 Å². The summed E-state index contributed by atoms with van der Waals surface area (Å²) in [6.07, 6.45) is -2.13. The highest BCUT2D eigenvalue weighted by atomic mass is 19.4. The molecule has 3 aromatic rings. The highest BCUT2D eigenvalue weighted by Crippen LogP contribution is 2.19. The summed E-state index contributed by atoms with van der Waals surface area (Å²) in [5.74, 6) is -4.83. The number of hydrogen-bond donors (Lipinski definition) is 2. The van der Waals surface area contributed by atoms with Crippen molar-refractivity contribution >= 4 is 11.9 Å². The normalized spacial score (nSPS) is 15.5. The Labute approximate surface area is 218 Å². The predicted molar refractivity (Wildman–Crippen MR) is 122 cm³/mol. The number of aromatic nitrogens is 4. The number of halogens is 6. The minimum Gasteiger partial charge on any atom is -0.475 e. The van der Waals surface area contributed by atoms with Gasteiger partial charge in [0.1, 0.15) is 6.10 Å². The maximum absolute atomic E-state index is 10.6. The molecule has 0 fully saturated rings.